The second-order valence-electron chi connectivity index (χ2n) is 4.73. The van der Waals surface area contributed by atoms with E-state index in [0.717, 1.165) is 12.8 Å². The van der Waals surface area contributed by atoms with Crippen molar-refractivity contribution >= 4 is 11.8 Å². The molecule has 0 aliphatic heterocycles. The summed E-state index contributed by atoms with van der Waals surface area (Å²) in [4.78, 5) is 22.9. The summed E-state index contributed by atoms with van der Waals surface area (Å²) in [6.45, 7) is 0. The minimum absolute atomic E-state index is 0.233. The predicted molar refractivity (Wildman–Crippen MR) is 70.3 cm³/mol. The van der Waals surface area contributed by atoms with Crippen LogP contribution in [0, 0.1) is 0 Å². The number of hydrogen-bond donors (Lipinski definition) is 0. The molecule has 0 bridgehead atoms. The quantitative estimate of drug-likeness (QED) is 0.465. The van der Waals surface area contributed by atoms with Crippen molar-refractivity contribution in [3.05, 3.63) is 29.8 Å². The van der Waals surface area contributed by atoms with Crippen LogP contribution in [0.1, 0.15) is 42.5 Å². The molecule has 1 aliphatic rings. The number of hydrogen-bond acceptors (Lipinski definition) is 4. The van der Waals surface area contributed by atoms with E-state index in [-0.39, 0.29) is 18.3 Å². The van der Waals surface area contributed by atoms with Gasteiger partial charge in [-0.3, -0.25) is 9.59 Å². The van der Waals surface area contributed by atoms with Gasteiger partial charge in [-0.05, 0) is 37.8 Å². The molecule has 0 atom stereocenters. The van der Waals surface area contributed by atoms with Crippen LogP contribution in [0.15, 0.2) is 24.3 Å². The van der Waals surface area contributed by atoms with Crippen LogP contribution in [-0.4, -0.2) is 25.0 Å². The van der Waals surface area contributed by atoms with Crippen molar-refractivity contribution in [1.29, 1.82) is 0 Å². The van der Waals surface area contributed by atoms with E-state index < -0.39 is 5.97 Å². The Morgan fingerprint density at radius 3 is 2.68 bits per heavy atom. The van der Waals surface area contributed by atoms with Gasteiger partial charge in [0.1, 0.15) is 12.2 Å². The Morgan fingerprint density at radius 2 is 2.00 bits per heavy atom. The molecule has 0 N–H and O–H groups in total. The van der Waals surface area contributed by atoms with Crippen molar-refractivity contribution in [2.24, 2.45) is 0 Å². The summed E-state index contributed by atoms with van der Waals surface area (Å²) in [5.74, 6) is -0.0709. The van der Waals surface area contributed by atoms with Crippen LogP contribution in [0.2, 0.25) is 0 Å². The van der Waals surface area contributed by atoms with Gasteiger partial charge < -0.3 is 9.47 Å². The molecule has 1 aromatic rings. The number of ether oxygens (including phenoxy) is 2. The number of methoxy groups -OCH3 is 1. The predicted octanol–water partition coefficient (Wildman–Crippen LogP) is 2.75. The first-order valence-electron chi connectivity index (χ1n) is 6.56. The summed E-state index contributed by atoms with van der Waals surface area (Å²) in [6, 6.07) is 7.00. The lowest BCUT2D eigenvalue weighted by atomic mass is 10.1. The largest absolute Gasteiger partial charge is 0.490 e. The van der Waals surface area contributed by atoms with Crippen LogP contribution in [0.3, 0.4) is 0 Å². The highest BCUT2D eigenvalue weighted by Gasteiger charge is 2.17. The maximum atomic E-state index is 11.8. The van der Waals surface area contributed by atoms with E-state index in [0.29, 0.717) is 11.3 Å². The van der Waals surface area contributed by atoms with Gasteiger partial charge in [0.05, 0.1) is 13.2 Å². The molecule has 102 valence electrons. The number of benzene rings is 1. The molecule has 1 aromatic carbocycles. The third kappa shape index (κ3) is 3.81. The average Bonchev–Trinajstić information content (AvgIpc) is 2.91. The molecule has 19 heavy (non-hydrogen) atoms. The van der Waals surface area contributed by atoms with E-state index in [1.165, 1.54) is 20.0 Å². The van der Waals surface area contributed by atoms with Crippen LogP contribution >= 0.6 is 0 Å². The maximum Gasteiger partial charge on any atom is 0.313 e. The van der Waals surface area contributed by atoms with Gasteiger partial charge in [0.15, 0.2) is 5.78 Å². The van der Waals surface area contributed by atoms with Crippen LogP contribution < -0.4 is 4.74 Å². The van der Waals surface area contributed by atoms with E-state index in [2.05, 4.69) is 4.74 Å². The molecule has 0 heterocycles. The first kappa shape index (κ1) is 13.6. The van der Waals surface area contributed by atoms with Gasteiger partial charge in [-0.1, -0.05) is 12.1 Å². The molecule has 4 heteroatoms. The second-order valence-corrected chi connectivity index (χ2v) is 4.73. The molecule has 4 nitrogen and oxygen atoms in total. The topological polar surface area (TPSA) is 52.6 Å². The molecule has 0 spiro atoms. The average molecular weight is 262 g/mol. The Kier molecular flexibility index (Phi) is 4.55. The summed E-state index contributed by atoms with van der Waals surface area (Å²) < 4.78 is 10.3. The SMILES string of the molecule is COC(=O)CC(=O)c1cccc(OC2CCCC2)c1. The number of carbonyl (C=O) groups is 2. The lowest BCUT2D eigenvalue weighted by molar-refractivity contribution is -0.139. The highest BCUT2D eigenvalue weighted by Crippen LogP contribution is 2.24. The monoisotopic (exact) mass is 262 g/mol. The second kappa shape index (κ2) is 6.36. The van der Waals surface area contributed by atoms with Crippen LogP contribution in [0.5, 0.6) is 5.75 Å². The summed E-state index contributed by atoms with van der Waals surface area (Å²) in [5.41, 5.74) is 0.487. The van der Waals surface area contributed by atoms with Crippen LogP contribution in [0.25, 0.3) is 0 Å². The number of Topliss-reactive ketones (excluding diaryl/α,β-unsaturated/α-hetero) is 1. The fourth-order valence-corrected chi connectivity index (χ4v) is 2.25. The standard InChI is InChI=1S/C15H18O4/c1-18-15(17)10-14(16)11-5-4-8-13(9-11)19-12-6-2-3-7-12/h4-5,8-9,12H,2-3,6-7,10H2,1H3. The highest BCUT2D eigenvalue weighted by molar-refractivity contribution is 6.06. The van der Waals surface area contributed by atoms with Gasteiger partial charge in [-0.25, -0.2) is 0 Å². The van der Waals surface area contributed by atoms with Crippen molar-refractivity contribution in [2.75, 3.05) is 7.11 Å². The van der Waals surface area contributed by atoms with E-state index in [1.807, 2.05) is 6.07 Å². The van der Waals surface area contributed by atoms with Crippen molar-refractivity contribution in [3.8, 4) is 5.75 Å². The molecule has 0 unspecified atom stereocenters. The molecule has 1 aliphatic carbocycles. The smallest absolute Gasteiger partial charge is 0.313 e. The van der Waals surface area contributed by atoms with Gasteiger partial charge in [-0.2, -0.15) is 0 Å². The summed E-state index contributed by atoms with van der Waals surface area (Å²) in [6.07, 6.45) is 4.56. The first-order valence-corrected chi connectivity index (χ1v) is 6.56. The zero-order valence-corrected chi connectivity index (χ0v) is 11.1. The molecule has 1 saturated carbocycles. The van der Waals surface area contributed by atoms with E-state index in [4.69, 9.17) is 4.74 Å². The molecule has 0 radical (unpaired) electrons. The van der Waals surface area contributed by atoms with Crippen molar-refractivity contribution in [1.82, 2.24) is 0 Å². The molecular formula is C15H18O4. The summed E-state index contributed by atoms with van der Waals surface area (Å²) in [7, 11) is 1.27. The van der Waals surface area contributed by atoms with E-state index in [1.54, 1.807) is 18.2 Å². The summed E-state index contributed by atoms with van der Waals surface area (Å²) in [5, 5.41) is 0. The molecule has 0 amide bonds. The lowest BCUT2D eigenvalue weighted by Crippen LogP contribution is -2.12. The molecule has 1 fully saturated rings. The first-order chi connectivity index (χ1) is 9.19. The normalized spacial score (nSPS) is 15.2. The van der Waals surface area contributed by atoms with Crippen molar-refractivity contribution in [2.45, 2.75) is 38.2 Å². The number of carbonyl (C=O) groups excluding carboxylic acids is 2. The van der Waals surface area contributed by atoms with E-state index >= 15 is 0 Å². The Morgan fingerprint density at radius 1 is 1.26 bits per heavy atom. The third-order valence-electron chi connectivity index (χ3n) is 3.29. The minimum Gasteiger partial charge on any atom is -0.490 e. The van der Waals surface area contributed by atoms with E-state index in [9.17, 15) is 9.59 Å². The number of rotatable bonds is 5. The van der Waals surface area contributed by atoms with Crippen molar-refractivity contribution < 1.29 is 19.1 Å². The van der Waals surface area contributed by atoms with Gasteiger partial charge in [0, 0.05) is 5.56 Å². The number of ketones is 1. The Hall–Kier alpha value is -1.84. The third-order valence-corrected chi connectivity index (χ3v) is 3.29. The lowest BCUT2D eigenvalue weighted by Gasteiger charge is -2.13. The van der Waals surface area contributed by atoms with Gasteiger partial charge in [0.2, 0.25) is 0 Å². The molecular weight excluding hydrogens is 244 g/mol. The maximum absolute atomic E-state index is 11.8. The fraction of sp³-hybridized carbons (Fsp3) is 0.467. The zero-order valence-electron chi connectivity index (χ0n) is 11.1. The minimum atomic E-state index is -0.521. The molecule has 0 saturated heterocycles. The molecule has 2 rings (SSSR count). The fourth-order valence-electron chi connectivity index (χ4n) is 2.25. The van der Waals surface area contributed by atoms with Gasteiger partial charge in [-0.15, -0.1) is 0 Å². The Bertz CT molecular complexity index is 461. The van der Waals surface area contributed by atoms with Crippen LogP contribution in [0.4, 0.5) is 0 Å². The number of esters is 1. The highest BCUT2D eigenvalue weighted by atomic mass is 16.5. The molecule has 0 aromatic heterocycles. The zero-order chi connectivity index (χ0) is 13.7. The van der Waals surface area contributed by atoms with Crippen molar-refractivity contribution in [3.63, 3.8) is 0 Å². The Labute approximate surface area is 112 Å². The van der Waals surface area contributed by atoms with Gasteiger partial charge >= 0.3 is 5.97 Å². The van der Waals surface area contributed by atoms with Crippen LogP contribution in [-0.2, 0) is 9.53 Å². The Balaban J connectivity index is 2.01. The van der Waals surface area contributed by atoms with Gasteiger partial charge in [0.25, 0.3) is 0 Å². The summed E-state index contributed by atoms with van der Waals surface area (Å²) >= 11 is 0.